The molecule has 0 radical (unpaired) electrons. The molecule has 0 amide bonds. The van der Waals surface area contributed by atoms with Crippen molar-refractivity contribution < 1.29 is 9.15 Å². The molecule has 0 saturated carbocycles. The molecule has 138 valence electrons. The first-order valence-electron chi connectivity index (χ1n) is 9.62. The van der Waals surface area contributed by atoms with Crippen LogP contribution in [0.25, 0.3) is 11.0 Å². The molecular weight excluding hydrogens is 338 g/mol. The van der Waals surface area contributed by atoms with E-state index < -0.39 is 0 Å². The molecule has 3 aromatic rings. The maximum Gasteiger partial charge on any atom is 0.343 e. The number of nitrogens with zero attached hydrogens (tertiary/aromatic N) is 1. The molecule has 0 saturated heterocycles. The Bertz CT molecular complexity index is 1110. The van der Waals surface area contributed by atoms with Gasteiger partial charge in [-0.05, 0) is 44.5 Å². The Labute approximate surface area is 158 Å². The lowest BCUT2D eigenvalue weighted by atomic mass is 9.76. The number of rotatable bonds is 1. The average Bonchev–Trinajstić information content (AvgIpc) is 2.67. The van der Waals surface area contributed by atoms with E-state index in [0.29, 0.717) is 17.8 Å². The van der Waals surface area contributed by atoms with Gasteiger partial charge in [0.1, 0.15) is 11.3 Å². The van der Waals surface area contributed by atoms with E-state index in [1.165, 1.54) is 16.8 Å². The normalized spacial score (nSPS) is 20.6. The summed E-state index contributed by atoms with van der Waals surface area (Å²) in [5.74, 6) is 0.989. The molecular formula is C23H23NO3. The highest BCUT2D eigenvalue weighted by molar-refractivity contribution is 5.86. The monoisotopic (exact) mass is 361 g/mol. The second kappa shape index (κ2) is 5.88. The third-order valence-electron chi connectivity index (χ3n) is 6.03. The van der Waals surface area contributed by atoms with Crippen LogP contribution in [0.3, 0.4) is 0 Å². The summed E-state index contributed by atoms with van der Waals surface area (Å²) >= 11 is 0. The Kier molecular flexibility index (Phi) is 3.58. The maximum atomic E-state index is 12.9. The Morgan fingerprint density at radius 1 is 1.07 bits per heavy atom. The summed E-state index contributed by atoms with van der Waals surface area (Å²) in [5.41, 5.74) is 5.95. The van der Waals surface area contributed by atoms with E-state index in [4.69, 9.17) is 9.15 Å². The van der Waals surface area contributed by atoms with Crippen molar-refractivity contribution in [3.05, 3.63) is 69.1 Å². The smallest absolute Gasteiger partial charge is 0.343 e. The summed E-state index contributed by atoms with van der Waals surface area (Å²) in [5, 5.41) is 0.904. The third-order valence-corrected chi connectivity index (χ3v) is 6.03. The fourth-order valence-corrected chi connectivity index (χ4v) is 4.69. The van der Waals surface area contributed by atoms with Crippen molar-refractivity contribution in [1.29, 1.82) is 0 Å². The second-order valence-corrected chi connectivity index (χ2v) is 7.76. The molecule has 5 rings (SSSR count). The van der Waals surface area contributed by atoms with E-state index in [1.54, 1.807) is 0 Å². The zero-order valence-electron chi connectivity index (χ0n) is 15.9. The van der Waals surface area contributed by atoms with Gasteiger partial charge < -0.3 is 14.1 Å². The number of hydrogen-bond donors (Lipinski definition) is 0. The van der Waals surface area contributed by atoms with E-state index in [2.05, 4.69) is 43.0 Å². The van der Waals surface area contributed by atoms with Gasteiger partial charge in [-0.1, -0.05) is 29.3 Å². The molecule has 2 aliphatic rings. The molecule has 4 nitrogen and oxygen atoms in total. The van der Waals surface area contributed by atoms with Crippen LogP contribution in [0.2, 0.25) is 0 Å². The fourth-order valence-electron chi connectivity index (χ4n) is 4.69. The van der Waals surface area contributed by atoms with Gasteiger partial charge in [0.05, 0.1) is 17.6 Å². The van der Waals surface area contributed by atoms with Crippen molar-refractivity contribution in [2.45, 2.75) is 32.6 Å². The molecule has 4 heteroatoms. The minimum absolute atomic E-state index is 0.0872. The SMILES string of the molecule is CCN1C[C@H]2c3c(c4cc(C)ccc4oc3=O)OC[C@@H]2c2cc(C)ccc21. The first-order valence-corrected chi connectivity index (χ1v) is 9.62. The van der Waals surface area contributed by atoms with Gasteiger partial charge in [0.2, 0.25) is 0 Å². The molecule has 0 aliphatic carbocycles. The van der Waals surface area contributed by atoms with Crippen LogP contribution in [-0.4, -0.2) is 19.7 Å². The first kappa shape index (κ1) is 16.4. The topological polar surface area (TPSA) is 42.7 Å². The molecule has 2 aliphatic heterocycles. The quantitative estimate of drug-likeness (QED) is 0.598. The van der Waals surface area contributed by atoms with Crippen molar-refractivity contribution >= 4 is 16.7 Å². The Hall–Kier alpha value is -2.75. The maximum absolute atomic E-state index is 12.9. The summed E-state index contributed by atoms with van der Waals surface area (Å²) in [4.78, 5) is 15.3. The number of ether oxygens (including phenoxy) is 1. The van der Waals surface area contributed by atoms with Crippen molar-refractivity contribution in [2.75, 3.05) is 24.6 Å². The number of fused-ring (bicyclic) bond motifs is 7. The highest BCUT2D eigenvalue weighted by atomic mass is 16.5. The summed E-state index contributed by atoms with van der Waals surface area (Å²) in [6.45, 7) is 8.64. The summed E-state index contributed by atoms with van der Waals surface area (Å²) in [7, 11) is 0. The molecule has 0 fully saturated rings. The molecule has 1 aromatic heterocycles. The van der Waals surface area contributed by atoms with Crippen LogP contribution in [0.1, 0.15) is 41.0 Å². The average molecular weight is 361 g/mol. The number of likely N-dealkylation sites (N-methyl/N-ethyl adjacent to an activating group) is 1. The lowest BCUT2D eigenvalue weighted by molar-refractivity contribution is 0.231. The van der Waals surface area contributed by atoms with Crippen molar-refractivity contribution in [3.8, 4) is 5.75 Å². The van der Waals surface area contributed by atoms with Crippen LogP contribution in [0.4, 0.5) is 5.69 Å². The summed E-state index contributed by atoms with van der Waals surface area (Å²) in [6, 6.07) is 12.5. The van der Waals surface area contributed by atoms with Crippen molar-refractivity contribution in [3.63, 3.8) is 0 Å². The lowest BCUT2D eigenvalue weighted by Gasteiger charge is -2.43. The molecule has 0 N–H and O–H groups in total. The number of anilines is 1. The summed E-state index contributed by atoms with van der Waals surface area (Å²) in [6.07, 6.45) is 0. The van der Waals surface area contributed by atoms with E-state index in [9.17, 15) is 4.79 Å². The Morgan fingerprint density at radius 3 is 2.67 bits per heavy atom. The van der Waals surface area contributed by atoms with Gasteiger partial charge in [0.25, 0.3) is 0 Å². The lowest BCUT2D eigenvalue weighted by Crippen LogP contribution is -2.42. The predicted octanol–water partition coefficient (Wildman–Crippen LogP) is 4.51. The third kappa shape index (κ3) is 2.39. The van der Waals surface area contributed by atoms with E-state index in [0.717, 1.165) is 29.8 Å². The standard InChI is InChI=1S/C23H23NO3/c1-4-24-11-17-18(15-9-13(2)5-7-19(15)24)12-26-22-16-10-14(3)6-8-20(16)27-23(25)21(17)22/h5-10,17-18H,4,11-12H2,1-3H3/t17-,18-/m1/s1. The van der Waals surface area contributed by atoms with Gasteiger partial charge in [-0.3, -0.25) is 0 Å². The molecule has 0 spiro atoms. The molecule has 0 unspecified atom stereocenters. The van der Waals surface area contributed by atoms with Gasteiger partial charge in [0, 0.05) is 30.6 Å². The van der Waals surface area contributed by atoms with Crippen LogP contribution in [0.5, 0.6) is 5.75 Å². The van der Waals surface area contributed by atoms with Crippen LogP contribution in [0, 0.1) is 13.8 Å². The van der Waals surface area contributed by atoms with Gasteiger partial charge in [-0.25, -0.2) is 4.79 Å². The van der Waals surface area contributed by atoms with Crippen molar-refractivity contribution in [2.24, 2.45) is 0 Å². The van der Waals surface area contributed by atoms with Crippen LogP contribution in [0.15, 0.2) is 45.6 Å². The number of aryl methyl sites for hydroxylation is 2. The van der Waals surface area contributed by atoms with Crippen LogP contribution >= 0.6 is 0 Å². The first-order chi connectivity index (χ1) is 13.1. The van der Waals surface area contributed by atoms with Crippen LogP contribution < -0.4 is 15.3 Å². The minimum atomic E-state index is -0.261. The zero-order valence-corrected chi connectivity index (χ0v) is 15.9. The van der Waals surface area contributed by atoms with Gasteiger partial charge >= 0.3 is 5.63 Å². The molecule has 2 atom stereocenters. The molecule has 2 aromatic carbocycles. The summed E-state index contributed by atoms with van der Waals surface area (Å²) < 4.78 is 11.9. The highest BCUT2D eigenvalue weighted by Crippen LogP contribution is 2.49. The van der Waals surface area contributed by atoms with E-state index in [1.807, 2.05) is 19.1 Å². The zero-order chi connectivity index (χ0) is 18.7. The van der Waals surface area contributed by atoms with E-state index in [-0.39, 0.29) is 17.5 Å². The van der Waals surface area contributed by atoms with Gasteiger partial charge in [-0.2, -0.15) is 0 Å². The number of benzene rings is 2. The fraction of sp³-hybridized carbons (Fsp3) is 0.348. The largest absolute Gasteiger partial charge is 0.492 e. The molecule has 27 heavy (non-hydrogen) atoms. The Balaban J connectivity index is 1.74. The van der Waals surface area contributed by atoms with E-state index >= 15 is 0 Å². The van der Waals surface area contributed by atoms with Crippen molar-refractivity contribution in [1.82, 2.24) is 0 Å². The predicted molar refractivity (Wildman–Crippen MR) is 107 cm³/mol. The minimum Gasteiger partial charge on any atom is -0.492 e. The molecule has 0 bridgehead atoms. The number of hydrogen-bond acceptors (Lipinski definition) is 4. The van der Waals surface area contributed by atoms with Gasteiger partial charge in [-0.15, -0.1) is 0 Å². The highest BCUT2D eigenvalue weighted by Gasteiger charge is 2.41. The van der Waals surface area contributed by atoms with Gasteiger partial charge in [0.15, 0.2) is 0 Å². The Morgan fingerprint density at radius 2 is 1.85 bits per heavy atom. The van der Waals surface area contributed by atoms with Crippen LogP contribution in [-0.2, 0) is 0 Å². The molecule has 3 heterocycles. The second-order valence-electron chi connectivity index (χ2n) is 7.76.